The lowest BCUT2D eigenvalue weighted by Crippen LogP contribution is -2.33. The van der Waals surface area contributed by atoms with Crippen molar-refractivity contribution in [1.29, 1.82) is 0 Å². The van der Waals surface area contributed by atoms with E-state index in [0.29, 0.717) is 0 Å². The minimum atomic E-state index is -0.472. The number of nitrogens with one attached hydrogen (secondary N) is 2. The van der Waals surface area contributed by atoms with Crippen molar-refractivity contribution in [2.75, 3.05) is 0 Å². The Morgan fingerprint density at radius 3 is 2.73 bits per heavy atom. The predicted molar refractivity (Wildman–Crippen MR) is 56.4 cm³/mol. The number of carbonyl (C=O) groups excluding carboxylic acids is 1. The minimum Gasteiger partial charge on any atom is -0.444 e. The van der Waals surface area contributed by atoms with Crippen LogP contribution in [0, 0.1) is 0 Å². The molecule has 0 aliphatic carbocycles. The molecule has 0 aliphatic heterocycles. The molecule has 84 valence electrons. The van der Waals surface area contributed by atoms with E-state index in [4.69, 9.17) is 4.74 Å². The van der Waals surface area contributed by atoms with Crippen LogP contribution < -0.4 is 5.32 Å². The molecule has 1 rings (SSSR count). The first-order valence-corrected chi connectivity index (χ1v) is 4.86. The van der Waals surface area contributed by atoms with Crippen molar-refractivity contribution in [3.8, 4) is 0 Å². The van der Waals surface area contributed by atoms with Crippen LogP contribution >= 0.6 is 0 Å². The number of amides is 1. The number of hydrogen-bond donors (Lipinski definition) is 2. The van der Waals surface area contributed by atoms with E-state index in [1.165, 1.54) is 0 Å². The molecule has 0 saturated heterocycles. The SMILES string of the molecule is C[C@H](NC(=O)OC(C)(C)C)c1cn[nH]c1. The molecule has 0 saturated carbocycles. The van der Waals surface area contributed by atoms with Gasteiger partial charge in [0.2, 0.25) is 0 Å². The maximum Gasteiger partial charge on any atom is 0.408 e. The minimum absolute atomic E-state index is 0.112. The number of rotatable bonds is 2. The van der Waals surface area contributed by atoms with E-state index < -0.39 is 11.7 Å². The summed E-state index contributed by atoms with van der Waals surface area (Å²) < 4.78 is 5.13. The average Bonchev–Trinajstić information content (AvgIpc) is 2.50. The number of carbonyl (C=O) groups is 1. The second kappa shape index (κ2) is 4.33. The van der Waals surface area contributed by atoms with E-state index in [1.807, 2.05) is 27.7 Å². The van der Waals surface area contributed by atoms with Crippen molar-refractivity contribution < 1.29 is 9.53 Å². The molecule has 0 radical (unpaired) electrons. The van der Waals surface area contributed by atoms with E-state index in [1.54, 1.807) is 12.4 Å². The van der Waals surface area contributed by atoms with Crippen LogP contribution in [-0.2, 0) is 4.74 Å². The van der Waals surface area contributed by atoms with Crippen LogP contribution in [0.5, 0.6) is 0 Å². The van der Waals surface area contributed by atoms with Crippen molar-refractivity contribution in [2.24, 2.45) is 0 Å². The third kappa shape index (κ3) is 4.01. The number of aromatic amines is 1. The molecular weight excluding hydrogens is 194 g/mol. The van der Waals surface area contributed by atoms with Gasteiger partial charge in [-0.3, -0.25) is 5.10 Å². The molecule has 15 heavy (non-hydrogen) atoms. The summed E-state index contributed by atoms with van der Waals surface area (Å²) in [6.07, 6.45) is 2.99. The normalized spacial score (nSPS) is 13.3. The molecule has 5 nitrogen and oxygen atoms in total. The Morgan fingerprint density at radius 2 is 2.27 bits per heavy atom. The molecule has 0 bridgehead atoms. The first-order chi connectivity index (χ1) is 6.88. The second-order valence-electron chi connectivity index (χ2n) is 4.40. The Kier molecular flexibility index (Phi) is 3.34. The van der Waals surface area contributed by atoms with Crippen LogP contribution in [0.2, 0.25) is 0 Å². The van der Waals surface area contributed by atoms with Crippen LogP contribution in [-0.4, -0.2) is 21.9 Å². The van der Waals surface area contributed by atoms with Crippen molar-refractivity contribution in [3.63, 3.8) is 0 Å². The van der Waals surface area contributed by atoms with Gasteiger partial charge >= 0.3 is 6.09 Å². The molecule has 0 aromatic carbocycles. The Morgan fingerprint density at radius 1 is 1.60 bits per heavy atom. The zero-order chi connectivity index (χ0) is 11.5. The Balaban J connectivity index is 2.45. The number of H-pyrrole nitrogens is 1. The number of aromatic nitrogens is 2. The van der Waals surface area contributed by atoms with Crippen LogP contribution in [0.4, 0.5) is 4.79 Å². The van der Waals surface area contributed by atoms with E-state index in [9.17, 15) is 4.79 Å². The largest absolute Gasteiger partial charge is 0.444 e. The zero-order valence-electron chi connectivity index (χ0n) is 9.50. The van der Waals surface area contributed by atoms with E-state index in [2.05, 4.69) is 15.5 Å². The maximum absolute atomic E-state index is 11.4. The van der Waals surface area contributed by atoms with E-state index in [0.717, 1.165) is 5.56 Å². The molecule has 1 amide bonds. The lowest BCUT2D eigenvalue weighted by Gasteiger charge is -2.21. The Labute approximate surface area is 89.2 Å². The molecule has 0 unspecified atom stereocenters. The summed E-state index contributed by atoms with van der Waals surface area (Å²) in [7, 11) is 0. The van der Waals surface area contributed by atoms with Gasteiger partial charge in [0, 0.05) is 11.8 Å². The summed E-state index contributed by atoms with van der Waals surface area (Å²) in [5, 5.41) is 9.22. The maximum atomic E-state index is 11.4. The van der Waals surface area contributed by atoms with Gasteiger partial charge in [-0.05, 0) is 27.7 Å². The van der Waals surface area contributed by atoms with Gasteiger partial charge in [0.15, 0.2) is 0 Å². The van der Waals surface area contributed by atoms with Gasteiger partial charge in [0.25, 0.3) is 0 Å². The van der Waals surface area contributed by atoms with Gasteiger partial charge in [-0.15, -0.1) is 0 Å². The van der Waals surface area contributed by atoms with Gasteiger partial charge < -0.3 is 10.1 Å². The number of hydrogen-bond acceptors (Lipinski definition) is 3. The summed E-state index contributed by atoms with van der Waals surface area (Å²) in [6.45, 7) is 7.36. The Hall–Kier alpha value is -1.52. The molecule has 5 heteroatoms. The number of ether oxygens (including phenoxy) is 1. The predicted octanol–water partition coefficient (Wildman–Crippen LogP) is 2.00. The highest BCUT2D eigenvalue weighted by Crippen LogP contribution is 2.11. The summed E-state index contributed by atoms with van der Waals surface area (Å²) in [5.41, 5.74) is 0.445. The van der Waals surface area contributed by atoms with Gasteiger partial charge in [0.1, 0.15) is 5.60 Å². The fourth-order valence-electron chi connectivity index (χ4n) is 1.07. The summed E-state index contributed by atoms with van der Waals surface area (Å²) in [4.78, 5) is 11.4. The molecule has 1 atom stereocenters. The van der Waals surface area contributed by atoms with Gasteiger partial charge in [-0.1, -0.05) is 0 Å². The third-order valence-electron chi connectivity index (χ3n) is 1.75. The fraction of sp³-hybridized carbons (Fsp3) is 0.600. The summed E-state index contributed by atoms with van der Waals surface area (Å²) in [5.74, 6) is 0. The molecule has 1 heterocycles. The number of nitrogens with zero attached hydrogens (tertiary/aromatic N) is 1. The van der Waals surface area contributed by atoms with E-state index in [-0.39, 0.29) is 6.04 Å². The smallest absolute Gasteiger partial charge is 0.408 e. The molecule has 1 aromatic heterocycles. The first kappa shape index (κ1) is 11.6. The number of alkyl carbamates (subject to hydrolysis) is 1. The summed E-state index contributed by atoms with van der Waals surface area (Å²) in [6, 6.07) is -0.112. The van der Waals surface area contributed by atoms with Crippen LogP contribution in [0.15, 0.2) is 12.4 Å². The van der Waals surface area contributed by atoms with Crippen LogP contribution in [0.25, 0.3) is 0 Å². The van der Waals surface area contributed by atoms with Crippen LogP contribution in [0.3, 0.4) is 0 Å². The lowest BCUT2D eigenvalue weighted by atomic mass is 10.2. The molecule has 0 aliphatic rings. The highest BCUT2D eigenvalue weighted by atomic mass is 16.6. The van der Waals surface area contributed by atoms with Crippen LogP contribution in [0.1, 0.15) is 39.3 Å². The second-order valence-corrected chi connectivity index (χ2v) is 4.40. The molecule has 2 N–H and O–H groups in total. The highest BCUT2D eigenvalue weighted by Gasteiger charge is 2.18. The Bertz CT molecular complexity index is 314. The van der Waals surface area contributed by atoms with Crippen molar-refractivity contribution in [1.82, 2.24) is 15.5 Å². The van der Waals surface area contributed by atoms with Gasteiger partial charge in [-0.25, -0.2) is 4.79 Å². The third-order valence-corrected chi connectivity index (χ3v) is 1.75. The monoisotopic (exact) mass is 211 g/mol. The van der Waals surface area contributed by atoms with Gasteiger partial charge in [-0.2, -0.15) is 5.10 Å². The molecular formula is C10H17N3O2. The lowest BCUT2D eigenvalue weighted by molar-refractivity contribution is 0.0508. The molecule has 0 spiro atoms. The first-order valence-electron chi connectivity index (χ1n) is 4.86. The van der Waals surface area contributed by atoms with E-state index >= 15 is 0 Å². The van der Waals surface area contributed by atoms with Crippen molar-refractivity contribution in [2.45, 2.75) is 39.3 Å². The van der Waals surface area contributed by atoms with Gasteiger partial charge in [0.05, 0.1) is 12.2 Å². The highest BCUT2D eigenvalue weighted by molar-refractivity contribution is 5.68. The quantitative estimate of drug-likeness (QED) is 0.786. The van der Waals surface area contributed by atoms with Crippen molar-refractivity contribution in [3.05, 3.63) is 18.0 Å². The standard InChI is InChI=1S/C10H17N3O2/c1-7(8-5-11-12-6-8)13-9(14)15-10(2,3)4/h5-7H,1-4H3,(H,11,12)(H,13,14)/t7-/m0/s1. The zero-order valence-corrected chi connectivity index (χ0v) is 9.50. The van der Waals surface area contributed by atoms with Crippen molar-refractivity contribution >= 4 is 6.09 Å². The molecule has 1 aromatic rings. The fourth-order valence-corrected chi connectivity index (χ4v) is 1.07. The molecule has 0 fully saturated rings. The summed E-state index contributed by atoms with van der Waals surface area (Å²) >= 11 is 0. The average molecular weight is 211 g/mol. The topological polar surface area (TPSA) is 67.0 Å².